The number of para-hydroxylation sites is 1. The van der Waals surface area contributed by atoms with E-state index in [1.165, 1.54) is 0 Å². The number of anilines is 1. The van der Waals surface area contributed by atoms with Gasteiger partial charge in [-0.25, -0.2) is 17.2 Å². The van der Waals surface area contributed by atoms with Crippen LogP contribution in [0.25, 0.3) is 0 Å². The highest BCUT2D eigenvalue weighted by Gasteiger charge is 2.18. The van der Waals surface area contributed by atoms with Gasteiger partial charge in [0.1, 0.15) is 0 Å². The Morgan fingerprint density at radius 2 is 1.76 bits per heavy atom. The van der Waals surface area contributed by atoms with Crippen molar-refractivity contribution in [2.45, 2.75) is 17.9 Å². The fraction of sp³-hybridized carbons (Fsp3) is 0.143. The van der Waals surface area contributed by atoms with E-state index in [-0.39, 0.29) is 10.9 Å². The normalized spacial score (nSPS) is 13.0. The van der Waals surface area contributed by atoms with Crippen LogP contribution in [0.2, 0.25) is 0 Å². The summed E-state index contributed by atoms with van der Waals surface area (Å²) in [4.78, 5) is -0.360. The smallest absolute Gasteiger partial charge is 0.262 e. The van der Waals surface area contributed by atoms with E-state index in [1.807, 2.05) is 0 Å². The Morgan fingerprint density at radius 3 is 2.38 bits per heavy atom. The molecule has 0 saturated heterocycles. The molecule has 2 aromatic carbocycles. The number of sulfonamides is 1. The highest BCUT2D eigenvalue weighted by atomic mass is 32.2. The minimum absolute atomic E-state index is 0.303. The molecule has 0 radical (unpaired) electrons. The first-order chi connectivity index (χ1) is 9.81. The molecular formula is C14H14F2N2O2S. The lowest BCUT2D eigenvalue weighted by Crippen LogP contribution is -2.16. The summed E-state index contributed by atoms with van der Waals surface area (Å²) in [6.07, 6.45) is 0. The van der Waals surface area contributed by atoms with Crippen LogP contribution in [0.5, 0.6) is 0 Å². The van der Waals surface area contributed by atoms with Crippen LogP contribution in [0.1, 0.15) is 18.5 Å². The molecule has 3 N–H and O–H groups in total. The van der Waals surface area contributed by atoms with Gasteiger partial charge in [-0.3, -0.25) is 4.72 Å². The number of benzene rings is 2. The van der Waals surface area contributed by atoms with E-state index in [4.69, 9.17) is 5.73 Å². The molecule has 112 valence electrons. The van der Waals surface area contributed by atoms with Crippen molar-refractivity contribution in [1.82, 2.24) is 0 Å². The van der Waals surface area contributed by atoms with Crippen molar-refractivity contribution < 1.29 is 17.2 Å². The molecule has 7 heteroatoms. The first-order valence-corrected chi connectivity index (χ1v) is 7.62. The van der Waals surface area contributed by atoms with Gasteiger partial charge in [-0.1, -0.05) is 18.2 Å². The van der Waals surface area contributed by atoms with Crippen LogP contribution >= 0.6 is 0 Å². The quantitative estimate of drug-likeness (QED) is 0.912. The molecule has 0 spiro atoms. The van der Waals surface area contributed by atoms with Crippen LogP contribution in [0, 0.1) is 11.6 Å². The third-order valence-electron chi connectivity index (χ3n) is 2.90. The van der Waals surface area contributed by atoms with E-state index in [0.29, 0.717) is 17.3 Å². The Morgan fingerprint density at radius 1 is 1.10 bits per heavy atom. The summed E-state index contributed by atoms with van der Waals surface area (Å²) in [7, 11) is -4.02. The van der Waals surface area contributed by atoms with Gasteiger partial charge in [-0.05, 0) is 36.8 Å². The van der Waals surface area contributed by atoms with E-state index >= 15 is 0 Å². The van der Waals surface area contributed by atoms with Gasteiger partial charge >= 0.3 is 0 Å². The average Bonchev–Trinajstić information content (AvgIpc) is 2.41. The predicted octanol–water partition coefficient (Wildman–Crippen LogP) is 2.79. The zero-order valence-corrected chi connectivity index (χ0v) is 12.0. The third kappa shape index (κ3) is 3.37. The minimum Gasteiger partial charge on any atom is -0.324 e. The fourth-order valence-corrected chi connectivity index (χ4v) is 2.93. The van der Waals surface area contributed by atoms with Crippen molar-refractivity contribution in [3.8, 4) is 0 Å². The van der Waals surface area contributed by atoms with E-state index in [9.17, 15) is 17.2 Å². The fourth-order valence-electron chi connectivity index (χ4n) is 1.83. The lowest BCUT2D eigenvalue weighted by Gasteiger charge is -2.14. The first kappa shape index (κ1) is 15.4. The Bertz CT molecular complexity index is 761. The number of hydrogen-bond acceptors (Lipinski definition) is 3. The summed E-state index contributed by atoms with van der Waals surface area (Å²) in [5, 5.41) is 0. The highest BCUT2D eigenvalue weighted by Crippen LogP contribution is 2.24. The van der Waals surface area contributed by atoms with E-state index in [1.54, 1.807) is 31.2 Å². The molecule has 0 bridgehead atoms. The molecule has 0 heterocycles. The van der Waals surface area contributed by atoms with Crippen molar-refractivity contribution in [2.75, 3.05) is 4.72 Å². The highest BCUT2D eigenvalue weighted by molar-refractivity contribution is 7.92. The molecule has 1 unspecified atom stereocenters. The van der Waals surface area contributed by atoms with Gasteiger partial charge in [0.25, 0.3) is 10.0 Å². The molecule has 4 nitrogen and oxygen atoms in total. The molecule has 0 aromatic heterocycles. The number of nitrogens with two attached hydrogens (primary N) is 1. The summed E-state index contributed by atoms with van der Waals surface area (Å²) >= 11 is 0. The third-order valence-corrected chi connectivity index (χ3v) is 4.26. The van der Waals surface area contributed by atoms with Crippen LogP contribution in [-0.4, -0.2) is 8.42 Å². The molecule has 0 fully saturated rings. The summed E-state index contributed by atoms with van der Waals surface area (Å²) in [6, 6.07) is 8.63. The molecule has 0 aliphatic heterocycles. The topological polar surface area (TPSA) is 72.2 Å². The summed E-state index contributed by atoms with van der Waals surface area (Å²) in [5.74, 6) is -2.33. The van der Waals surface area contributed by atoms with Gasteiger partial charge in [0, 0.05) is 6.04 Å². The maximum absolute atomic E-state index is 13.2. The Hall–Kier alpha value is -1.99. The van der Waals surface area contributed by atoms with Gasteiger partial charge in [-0.15, -0.1) is 0 Å². The maximum Gasteiger partial charge on any atom is 0.262 e. The van der Waals surface area contributed by atoms with Gasteiger partial charge in [0.2, 0.25) is 0 Å². The summed E-state index contributed by atoms with van der Waals surface area (Å²) in [5.41, 5.74) is 6.68. The predicted molar refractivity (Wildman–Crippen MR) is 76.2 cm³/mol. The molecule has 0 aliphatic carbocycles. The summed E-state index contributed by atoms with van der Waals surface area (Å²) in [6.45, 7) is 1.71. The van der Waals surface area contributed by atoms with Crippen LogP contribution in [0.15, 0.2) is 47.4 Å². The molecule has 1 atom stereocenters. The molecular weight excluding hydrogens is 298 g/mol. The SMILES string of the molecule is CC(N)c1ccccc1NS(=O)(=O)c1ccc(F)c(F)c1. The molecule has 2 rings (SSSR count). The molecule has 2 aromatic rings. The zero-order valence-electron chi connectivity index (χ0n) is 11.2. The van der Waals surface area contributed by atoms with Crippen LogP contribution in [-0.2, 0) is 10.0 Å². The molecule has 0 aliphatic rings. The van der Waals surface area contributed by atoms with E-state index in [2.05, 4.69) is 4.72 Å². The second-order valence-corrected chi connectivity index (χ2v) is 6.24. The van der Waals surface area contributed by atoms with Crippen molar-refractivity contribution in [3.05, 3.63) is 59.7 Å². The summed E-state index contributed by atoms with van der Waals surface area (Å²) < 4.78 is 52.8. The van der Waals surface area contributed by atoms with Gasteiger partial charge < -0.3 is 5.73 Å². The maximum atomic E-state index is 13.2. The standard InChI is InChI=1S/C14H14F2N2O2S/c1-9(17)11-4-2-3-5-14(11)18-21(19,20)10-6-7-12(15)13(16)8-10/h2-9,18H,17H2,1H3. The van der Waals surface area contributed by atoms with Crippen molar-refractivity contribution in [1.29, 1.82) is 0 Å². The number of halogens is 2. The van der Waals surface area contributed by atoms with Gasteiger partial charge in [0.05, 0.1) is 10.6 Å². The Balaban J connectivity index is 2.40. The van der Waals surface area contributed by atoms with Crippen molar-refractivity contribution in [3.63, 3.8) is 0 Å². The largest absolute Gasteiger partial charge is 0.324 e. The van der Waals surface area contributed by atoms with Crippen LogP contribution in [0.3, 0.4) is 0 Å². The second kappa shape index (κ2) is 5.79. The zero-order chi connectivity index (χ0) is 15.6. The first-order valence-electron chi connectivity index (χ1n) is 6.13. The minimum atomic E-state index is -4.02. The van der Waals surface area contributed by atoms with Crippen LogP contribution < -0.4 is 10.5 Å². The Kier molecular flexibility index (Phi) is 4.24. The second-order valence-electron chi connectivity index (χ2n) is 4.56. The number of rotatable bonds is 4. The van der Waals surface area contributed by atoms with Crippen LogP contribution in [0.4, 0.5) is 14.5 Å². The van der Waals surface area contributed by atoms with Crippen molar-refractivity contribution >= 4 is 15.7 Å². The monoisotopic (exact) mass is 312 g/mol. The van der Waals surface area contributed by atoms with E-state index in [0.717, 1.165) is 12.1 Å². The van der Waals surface area contributed by atoms with E-state index < -0.39 is 21.7 Å². The average molecular weight is 312 g/mol. The molecule has 0 amide bonds. The van der Waals surface area contributed by atoms with Gasteiger partial charge in [-0.2, -0.15) is 0 Å². The number of hydrogen-bond donors (Lipinski definition) is 2. The van der Waals surface area contributed by atoms with Crippen molar-refractivity contribution in [2.24, 2.45) is 5.73 Å². The molecule has 0 saturated carbocycles. The Labute approximate surface area is 121 Å². The lowest BCUT2D eigenvalue weighted by molar-refractivity contribution is 0.504. The molecule has 21 heavy (non-hydrogen) atoms. The lowest BCUT2D eigenvalue weighted by atomic mass is 10.1. The number of nitrogens with one attached hydrogen (secondary N) is 1. The van der Waals surface area contributed by atoms with Gasteiger partial charge in [0.15, 0.2) is 11.6 Å².